The number of hydrogen-bond donors (Lipinski definition) is 4. The first-order valence-corrected chi connectivity index (χ1v) is 10.3. The number of anilines is 1. The molecule has 30 heavy (non-hydrogen) atoms. The van der Waals surface area contributed by atoms with Crippen LogP contribution in [-0.2, 0) is 9.59 Å². The summed E-state index contributed by atoms with van der Waals surface area (Å²) in [5.41, 5.74) is 0.589. The number of nitrogens with zero attached hydrogens (tertiary/aromatic N) is 2. The molecule has 9 heteroatoms. The summed E-state index contributed by atoms with van der Waals surface area (Å²) in [7, 11) is 0. The van der Waals surface area contributed by atoms with Crippen LogP contribution in [0, 0.1) is 16.7 Å². The molecule has 0 aromatic heterocycles. The van der Waals surface area contributed by atoms with Crippen LogP contribution in [0.1, 0.15) is 20.3 Å². The fourth-order valence-electron chi connectivity index (χ4n) is 3.94. The monoisotopic (exact) mass is 426 g/mol. The number of thioether (sulfide) groups is 1. The number of hydrogen-bond acceptors (Lipinski definition) is 6. The molecule has 4 N–H and O–H groups in total. The number of carbonyl (C=O) groups excluding carboxylic acids is 1. The van der Waals surface area contributed by atoms with Gasteiger partial charge in [0.1, 0.15) is 23.5 Å². The Hall–Kier alpha value is -3.25. The van der Waals surface area contributed by atoms with E-state index in [1.54, 1.807) is 4.90 Å². The van der Waals surface area contributed by atoms with Gasteiger partial charge in [-0.05, 0) is 25.1 Å². The van der Waals surface area contributed by atoms with E-state index in [4.69, 9.17) is 5.41 Å². The molecule has 0 radical (unpaired) electrons. The molecule has 1 amide bonds. The van der Waals surface area contributed by atoms with Gasteiger partial charge in [0.25, 0.3) is 0 Å². The van der Waals surface area contributed by atoms with E-state index in [1.807, 2.05) is 37.3 Å². The fourth-order valence-corrected chi connectivity index (χ4v) is 5.43. The van der Waals surface area contributed by atoms with E-state index in [0.717, 1.165) is 5.69 Å². The summed E-state index contributed by atoms with van der Waals surface area (Å²) in [5.74, 6) is -1.41. The van der Waals surface area contributed by atoms with Crippen molar-refractivity contribution < 1.29 is 19.8 Å². The van der Waals surface area contributed by atoms with Gasteiger partial charge in [-0.15, -0.1) is 0 Å². The van der Waals surface area contributed by atoms with Crippen LogP contribution in [0.25, 0.3) is 0 Å². The Balaban J connectivity index is 2.02. The largest absolute Gasteiger partial charge is 0.512 e. The van der Waals surface area contributed by atoms with Crippen molar-refractivity contribution in [1.82, 2.24) is 5.32 Å². The second-order valence-electron chi connectivity index (χ2n) is 7.32. The van der Waals surface area contributed by atoms with Gasteiger partial charge in [0.2, 0.25) is 5.91 Å². The van der Waals surface area contributed by atoms with E-state index in [1.165, 1.54) is 24.8 Å². The van der Waals surface area contributed by atoms with E-state index in [9.17, 15) is 25.1 Å². The molecule has 1 heterocycles. The van der Waals surface area contributed by atoms with Crippen LogP contribution < -0.4 is 10.2 Å². The molecule has 0 spiro atoms. The number of rotatable bonds is 6. The number of benzene rings is 1. The Labute approximate surface area is 178 Å². The maximum Gasteiger partial charge on any atom is 0.327 e. The predicted molar refractivity (Wildman–Crippen MR) is 115 cm³/mol. The van der Waals surface area contributed by atoms with Gasteiger partial charge in [0.15, 0.2) is 0 Å². The van der Waals surface area contributed by atoms with Crippen LogP contribution in [0.2, 0.25) is 0 Å². The minimum absolute atomic E-state index is 0.0365. The molecule has 3 atom stereocenters. The van der Waals surface area contributed by atoms with Crippen LogP contribution in [0.15, 0.2) is 53.3 Å². The quantitative estimate of drug-likeness (QED) is 0.548. The molecular weight excluding hydrogens is 404 g/mol. The number of aliphatic hydroxyl groups excluding tert-OH is 1. The Kier molecular flexibility index (Phi) is 5.89. The van der Waals surface area contributed by atoms with Crippen molar-refractivity contribution in [3.8, 4) is 6.07 Å². The van der Waals surface area contributed by atoms with Crippen molar-refractivity contribution in [1.29, 1.82) is 10.7 Å². The molecule has 0 unspecified atom stereocenters. The minimum atomic E-state index is -1.15. The van der Waals surface area contributed by atoms with Gasteiger partial charge in [0, 0.05) is 35.6 Å². The second-order valence-corrected chi connectivity index (χ2v) is 8.56. The number of fused-ring (bicyclic) bond motifs is 1. The second kappa shape index (κ2) is 8.24. The predicted octanol–water partition coefficient (Wildman–Crippen LogP) is 2.60. The molecule has 0 bridgehead atoms. The Morgan fingerprint density at radius 2 is 2.10 bits per heavy atom. The molecule has 156 valence electrons. The zero-order chi connectivity index (χ0) is 22.1. The first kappa shape index (κ1) is 21.5. The summed E-state index contributed by atoms with van der Waals surface area (Å²) >= 11 is 1.29. The zero-order valence-corrected chi connectivity index (χ0v) is 17.4. The Morgan fingerprint density at radius 3 is 2.67 bits per heavy atom. The average Bonchev–Trinajstić information content (AvgIpc) is 2.91. The number of carboxylic acids is 1. The number of nitriles is 1. The van der Waals surface area contributed by atoms with Crippen molar-refractivity contribution in [2.45, 2.75) is 37.1 Å². The number of nitrogens with one attached hydrogen (secondary N) is 2. The lowest BCUT2D eigenvalue weighted by Crippen LogP contribution is -2.55. The fraction of sp³-hybridized carbons (Fsp3) is 0.333. The number of amides is 1. The summed E-state index contributed by atoms with van der Waals surface area (Å²) in [5, 5.41) is 40.2. The van der Waals surface area contributed by atoms with Crippen molar-refractivity contribution in [3.63, 3.8) is 0 Å². The van der Waals surface area contributed by atoms with Crippen LogP contribution >= 0.6 is 11.8 Å². The third-order valence-corrected chi connectivity index (χ3v) is 6.89. The van der Waals surface area contributed by atoms with Crippen molar-refractivity contribution in [3.05, 3.63) is 53.3 Å². The molecule has 2 aliphatic rings. The highest BCUT2D eigenvalue weighted by atomic mass is 32.2. The molecule has 1 aromatic rings. The van der Waals surface area contributed by atoms with Gasteiger partial charge in [-0.1, -0.05) is 18.2 Å². The highest BCUT2D eigenvalue weighted by molar-refractivity contribution is 8.00. The van der Waals surface area contributed by atoms with E-state index >= 15 is 0 Å². The molecule has 0 saturated heterocycles. The number of allylic oxidation sites excluding steroid dienone is 1. The highest BCUT2D eigenvalue weighted by Crippen LogP contribution is 2.50. The summed E-state index contributed by atoms with van der Waals surface area (Å²) in [6, 6.07) is 10.2. The van der Waals surface area contributed by atoms with Gasteiger partial charge in [-0.25, -0.2) is 4.79 Å². The van der Waals surface area contributed by atoms with Crippen LogP contribution in [0.4, 0.5) is 5.69 Å². The molecule has 1 aliphatic carbocycles. The average molecular weight is 426 g/mol. The number of aliphatic hydroxyl groups is 1. The van der Waals surface area contributed by atoms with E-state index in [0.29, 0.717) is 5.57 Å². The molecule has 0 fully saturated rings. The van der Waals surface area contributed by atoms with Crippen LogP contribution in [0.3, 0.4) is 0 Å². The molecule has 0 saturated carbocycles. The van der Waals surface area contributed by atoms with Gasteiger partial charge in [-0.3, -0.25) is 10.2 Å². The van der Waals surface area contributed by atoms with Gasteiger partial charge in [0.05, 0.1) is 11.3 Å². The Bertz CT molecular complexity index is 998. The lowest BCUT2D eigenvalue weighted by Gasteiger charge is -2.45. The van der Waals surface area contributed by atoms with E-state index < -0.39 is 23.5 Å². The molecule has 8 nitrogen and oxygen atoms in total. The van der Waals surface area contributed by atoms with E-state index in [2.05, 4.69) is 11.4 Å². The third-order valence-electron chi connectivity index (χ3n) is 5.34. The number of para-hydroxylation sites is 1. The highest BCUT2D eigenvalue weighted by Gasteiger charge is 2.53. The van der Waals surface area contributed by atoms with Gasteiger partial charge >= 0.3 is 5.97 Å². The molecule has 1 aromatic carbocycles. The Morgan fingerprint density at radius 1 is 1.43 bits per heavy atom. The summed E-state index contributed by atoms with van der Waals surface area (Å²) < 4.78 is 0. The van der Waals surface area contributed by atoms with Crippen LogP contribution in [-0.4, -0.2) is 50.5 Å². The first-order chi connectivity index (χ1) is 14.2. The molecule has 1 aliphatic heterocycles. The summed E-state index contributed by atoms with van der Waals surface area (Å²) in [4.78, 5) is 24.6. The SMILES string of the molecule is CC(=O)N[C@@H](CS[C@@H]1CC(O)=CC2=C(C#N)C(=N)N(c3ccccc3)[C@@]21C)C(=O)O. The summed E-state index contributed by atoms with van der Waals surface area (Å²) in [6.45, 7) is 3.15. The molecule has 3 rings (SSSR count). The maximum atomic E-state index is 11.5. The number of carboxylic acid groups (broad SMARTS) is 1. The summed E-state index contributed by atoms with van der Waals surface area (Å²) in [6.07, 6.45) is 1.78. The lowest BCUT2D eigenvalue weighted by molar-refractivity contribution is -0.140. The number of aliphatic carboxylic acids is 1. The first-order valence-electron chi connectivity index (χ1n) is 9.30. The van der Waals surface area contributed by atoms with Crippen LogP contribution in [0.5, 0.6) is 0 Å². The zero-order valence-electron chi connectivity index (χ0n) is 16.5. The standard InChI is InChI=1S/C21H22N4O4S/c1-12(26)24-17(20(28)29)11-30-18-9-14(27)8-16-15(10-22)19(23)25(21(16,18)2)13-6-4-3-5-7-13/h3-8,17-18,23,27H,9,11H2,1-2H3,(H,24,26)(H,28,29)/t17-,18+,21-/m0/s1. The normalized spacial score (nSPS) is 24.0. The van der Waals surface area contributed by atoms with Crippen molar-refractivity contribution >= 4 is 35.2 Å². The van der Waals surface area contributed by atoms with Crippen molar-refractivity contribution in [2.75, 3.05) is 10.7 Å². The molecular formula is C21H22N4O4S. The number of amidine groups is 1. The third kappa shape index (κ3) is 3.66. The maximum absolute atomic E-state index is 11.5. The number of carbonyl (C=O) groups is 2. The minimum Gasteiger partial charge on any atom is -0.512 e. The van der Waals surface area contributed by atoms with Gasteiger partial charge in [-0.2, -0.15) is 17.0 Å². The topological polar surface area (TPSA) is 138 Å². The van der Waals surface area contributed by atoms with Gasteiger partial charge < -0.3 is 20.4 Å². The smallest absolute Gasteiger partial charge is 0.327 e. The lowest BCUT2D eigenvalue weighted by atomic mass is 9.81. The van der Waals surface area contributed by atoms with Crippen molar-refractivity contribution in [2.24, 2.45) is 0 Å². The van der Waals surface area contributed by atoms with E-state index in [-0.39, 0.29) is 34.6 Å².